The summed E-state index contributed by atoms with van der Waals surface area (Å²) in [7, 11) is 0. The Kier molecular flexibility index (Phi) is 5.75. The number of phenolic OH excluding ortho intramolecular Hbond substituents is 1. The minimum Gasteiger partial charge on any atom is -0.507 e. The average Bonchev–Trinajstić information content (AvgIpc) is 2.97. The molecule has 5 N–H and O–H groups in total. The molecule has 0 saturated carbocycles. The van der Waals surface area contributed by atoms with Crippen molar-refractivity contribution in [3.8, 4) is 5.75 Å². The first-order chi connectivity index (χ1) is 11.1. The fourth-order valence-electron chi connectivity index (χ4n) is 1.70. The molecule has 8 nitrogen and oxygen atoms in total. The quantitative estimate of drug-likeness (QED) is 0.249. The van der Waals surface area contributed by atoms with Crippen LogP contribution in [-0.4, -0.2) is 38.2 Å². The summed E-state index contributed by atoms with van der Waals surface area (Å²) in [4.78, 5) is 14.8. The number of anilines is 1. The Morgan fingerprint density at radius 3 is 3.13 bits per heavy atom. The van der Waals surface area contributed by atoms with Crippen LogP contribution in [0.25, 0.3) is 0 Å². The van der Waals surface area contributed by atoms with Gasteiger partial charge in [-0.25, -0.2) is 10.5 Å². The third-order valence-electron chi connectivity index (χ3n) is 2.70. The summed E-state index contributed by atoms with van der Waals surface area (Å²) < 4.78 is 0. The van der Waals surface area contributed by atoms with Crippen LogP contribution in [0.1, 0.15) is 11.1 Å². The van der Waals surface area contributed by atoms with Gasteiger partial charge in [-0.15, -0.1) is 11.7 Å². The molecule has 0 radical (unpaired) electrons. The Balaban J connectivity index is 1.98. The molecule has 0 saturated heterocycles. The van der Waals surface area contributed by atoms with Crippen molar-refractivity contribution < 1.29 is 9.90 Å². The standard InChI is InChI=1S/C14H16N6O2S/c1-2-4-9-5-3-6-10(12(9)22)7-16-18-13-17-14(20-19-13)23-8-11(15)21/h2-3,5-7,22H,1,4,8H2,(H2,15,21)(H2,17,18,19,20)/b16-7-. The lowest BCUT2D eigenvalue weighted by molar-refractivity contribution is -0.115. The van der Waals surface area contributed by atoms with Gasteiger partial charge in [-0.05, 0) is 18.1 Å². The van der Waals surface area contributed by atoms with Crippen LogP contribution in [0.15, 0.2) is 41.1 Å². The van der Waals surface area contributed by atoms with E-state index in [9.17, 15) is 9.90 Å². The van der Waals surface area contributed by atoms with E-state index in [0.29, 0.717) is 23.1 Å². The summed E-state index contributed by atoms with van der Waals surface area (Å²) in [5.41, 5.74) is 9.05. The van der Waals surface area contributed by atoms with E-state index in [1.807, 2.05) is 12.1 Å². The van der Waals surface area contributed by atoms with Gasteiger partial charge in [0.15, 0.2) is 0 Å². The highest BCUT2D eigenvalue weighted by atomic mass is 32.2. The predicted octanol–water partition coefficient (Wildman–Crippen LogP) is 1.26. The van der Waals surface area contributed by atoms with E-state index in [0.717, 1.165) is 17.3 Å². The molecule has 2 aromatic rings. The summed E-state index contributed by atoms with van der Waals surface area (Å²) >= 11 is 1.12. The normalized spacial score (nSPS) is 10.8. The van der Waals surface area contributed by atoms with Gasteiger partial charge in [-0.1, -0.05) is 30.0 Å². The molecule has 23 heavy (non-hydrogen) atoms. The number of hydrogen-bond donors (Lipinski definition) is 4. The largest absolute Gasteiger partial charge is 0.507 e. The zero-order valence-corrected chi connectivity index (χ0v) is 13.0. The second kappa shape index (κ2) is 7.99. The van der Waals surface area contributed by atoms with Crippen molar-refractivity contribution in [2.24, 2.45) is 10.8 Å². The van der Waals surface area contributed by atoms with Gasteiger partial charge in [-0.3, -0.25) is 4.79 Å². The van der Waals surface area contributed by atoms with E-state index < -0.39 is 5.91 Å². The molecule has 1 amide bonds. The number of allylic oxidation sites excluding steroid dienone is 1. The number of carbonyl (C=O) groups excluding carboxylic acids is 1. The number of benzene rings is 1. The third-order valence-corrected chi connectivity index (χ3v) is 3.57. The fraction of sp³-hybridized carbons (Fsp3) is 0.143. The Bertz CT molecular complexity index is 728. The Hall–Kier alpha value is -2.81. The molecule has 1 aromatic carbocycles. The van der Waals surface area contributed by atoms with Gasteiger partial charge in [0.25, 0.3) is 0 Å². The number of nitrogens with two attached hydrogens (primary N) is 1. The van der Waals surface area contributed by atoms with Crippen LogP contribution in [0.2, 0.25) is 0 Å². The van der Waals surface area contributed by atoms with Crippen molar-refractivity contribution in [3.63, 3.8) is 0 Å². The lowest BCUT2D eigenvalue weighted by Crippen LogP contribution is -2.13. The average molecular weight is 332 g/mol. The molecule has 120 valence electrons. The van der Waals surface area contributed by atoms with Crippen LogP contribution in [0, 0.1) is 0 Å². The van der Waals surface area contributed by atoms with Gasteiger partial charge in [0, 0.05) is 5.56 Å². The number of aromatic hydroxyl groups is 1. The van der Waals surface area contributed by atoms with Crippen molar-refractivity contribution in [2.45, 2.75) is 11.6 Å². The molecule has 9 heteroatoms. The molecule has 0 fully saturated rings. The van der Waals surface area contributed by atoms with Gasteiger partial charge in [-0.2, -0.15) is 10.1 Å². The van der Waals surface area contributed by atoms with Crippen molar-refractivity contribution in [3.05, 3.63) is 42.0 Å². The van der Waals surface area contributed by atoms with E-state index in [1.165, 1.54) is 6.21 Å². The topological polar surface area (TPSA) is 129 Å². The lowest BCUT2D eigenvalue weighted by atomic mass is 10.1. The van der Waals surface area contributed by atoms with Crippen LogP contribution in [0.4, 0.5) is 5.95 Å². The SMILES string of the molecule is C=CCc1cccc(/C=N\Nc2nc(SCC(N)=O)n[nH]2)c1O. The highest BCUT2D eigenvalue weighted by Gasteiger charge is 2.06. The molecule has 0 unspecified atom stereocenters. The maximum absolute atomic E-state index is 10.7. The number of carbonyl (C=O) groups is 1. The number of aromatic nitrogens is 3. The number of hydrogen-bond acceptors (Lipinski definition) is 7. The number of amides is 1. The molecule has 0 aliphatic carbocycles. The van der Waals surface area contributed by atoms with Crippen LogP contribution >= 0.6 is 11.8 Å². The number of nitrogens with one attached hydrogen (secondary N) is 2. The summed E-state index contributed by atoms with van der Waals surface area (Å²) in [5, 5.41) is 21.0. The van der Waals surface area contributed by atoms with E-state index in [2.05, 4.69) is 32.3 Å². The fourth-order valence-corrected chi connectivity index (χ4v) is 2.23. The van der Waals surface area contributed by atoms with Crippen molar-refractivity contribution in [1.29, 1.82) is 0 Å². The second-order valence-corrected chi connectivity index (χ2v) is 5.38. The minimum atomic E-state index is -0.442. The Labute approximate surface area is 136 Å². The molecule has 1 heterocycles. The van der Waals surface area contributed by atoms with E-state index in [1.54, 1.807) is 12.1 Å². The maximum atomic E-state index is 10.7. The maximum Gasteiger partial charge on any atom is 0.240 e. The molecule has 0 bridgehead atoms. The number of para-hydroxylation sites is 1. The third kappa shape index (κ3) is 4.85. The number of nitrogens with zero attached hydrogens (tertiary/aromatic N) is 3. The number of hydrazone groups is 1. The lowest BCUT2D eigenvalue weighted by Gasteiger charge is -2.04. The van der Waals surface area contributed by atoms with Gasteiger partial charge in [0.1, 0.15) is 5.75 Å². The molecule has 0 atom stereocenters. The molecule has 0 aliphatic heterocycles. The monoisotopic (exact) mass is 332 g/mol. The first kappa shape index (κ1) is 16.6. The highest BCUT2D eigenvalue weighted by Crippen LogP contribution is 2.21. The smallest absolute Gasteiger partial charge is 0.240 e. The molecular formula is C14H16N6O2S. The first-order valence-electron chi connectivity index (χ1n) is 6.64. The number of rotatable bonds is 8. The molecule has 2 rings (SSSR count). The minimum absolute atomic E-state index is 0.102. The predicted molar refractivity (Wildman–Crippen MR) is 89.5 cm³/mol. The second-order valence-electron chi connectivity index (χ2n) is 4.44. The first-order valence-corrected chi connectivity index (χ1v) is 7.63. The molecule has 1 aromatic heterocycles. The van der Waals surface area contributed by atoms with Crippen molar-refractivity contribution >= 4 is 29.8 Å². The zero-order chi connectivity index (χ0) is 16.7. The number of aromatic amines is 1. The Morgan fingerprint density at radius 1 is 1.57 bits per heavy atom. The number of thioether (sulfide) groups is 1. The van der Waals surface area contributed by atoms with Crippen LogP contribution < -0.4 is 11.2 Å². The summed E-state index contributed by atoms with van der Waals surface area (Å²) in [6, 6.07) is 5.38. The van der Waals surface area contributed by atoms with Gasteiger partial charge in [0.05, 0.1) is 12.0 Å². The number of phenols is 1. The summed E-state index contributed by atoms with van der Waals surface area (Å²) in [6.07, 6.45) is 3.76. The number of H-pyrrole nitrogens is 1. The van der Waals surface area contributed by atoms with Crippen molar-refractivity contribution in [1.82, 2.24) is 15.2 Å². The number of primary amides is 1. The van der Waals surface area contributed by atoms with Crippen LogP contribution in [0.5, 0.6) is 5.75 Å². The van der Waals surface area contributed by atoms with Gasteiger partial charge < -0.3 is 10.8 Å². The summed E-state index contributed by atoms with van der Waals surface area (Å²) in [6.45, 7) is 3.65. The van der Waals surface area contributed by atoms with Crippen LogP contribution in [-0.2, 0) is 11.2 Å². The molecule has 0 aliphatic rings. The van der Waals surface area contributed by atoms with Gasteiger partial charge >= 0.3 is 0 Å². The Morgan fingerprint density at radius 2 is 2.39 bits per heavy atom. The van der Waals surface area contributed by atoms with E-state index in [4.69, 9.17) is 5.73 Å². The van der Waals surface area contributed by atoms with Crippen molar-refractivity contribution in [2.75, 3.05) is 11.2 Å². The molecule has 0 spiro atoms. The zero-order valence-electron chi connectivity index (χ0n) is 12.2. The molecular weight excluding hydrogens is 316 g/mol. The summed E-state index contributed by atoms with van der Waals surface area (Å²) in [5.74, 6) is 0.134. The van der Waals surface area contributed by atoms with E-state index in [-0.39, 0.29) is 11.5 Å². The van der Waals surface area contributed by atoms with Crippen LogP contribution in [0.3, 0.4) is 0 Å². The highest BCUT2D eigenvalue weighted by molar-refractivity contribution is 7.99. The van der Waals surface area contributed by atoms with Gasteiger partial charge in [0.2, 0.25) is 17.0 Å². The van der Waals surface area contributed by atoms with E-state index >= 15 is 0 Å².